The van der Waals surface area contributed by atoms with Gasteiger partial charge in [0.1, 0.15) is 12.4 Å². The van der Waals surface area contributed by atoms with Crippen LogP contribution in [-0.2, 0) is 25.6 Å². The molecule has 0 aliphatic carbocycles. The molecule has 1 aromatic heterocycles. The van der Waals surface area contributed by atoms with Crippen LogP contribution >= 0.6 is 0 Å². The maximum atomic E-state index is 12.4. The summed E-state index contributed by atoms with van der Waals surface area (Å²) in [4.78, 5) is 48.4. The number of esters is 3. The monoisotopic (exact) mass is 467 g/mol. The fourth-order valence-corrected chi connectivity index (χ4v) is 2.87. The maximum absolute atomic E-state index is 12.4. The number of hydrogen-bond acceptors (Lipinski definition) is 9. The lowest BCUT2D eigenvalue weighted by molar-refractivity contribution is -0.119. The SMILES string of the molecule is COC(=O)c1cc(NC(=O)COC(=O)c2occc2COc2ccccc2)cc(C(=O)OC)c1. The quantitative estimate of drug-likeness (QED) is 0.372. The Balaban J connectivity index is 1.61. The Morgan fingerprint density at radius 1 is 0.853 bits per heavy atom. The van der Waals surface area contributed by atoms with Crippen LogP contribution < -0.4 is 10.1 Å². The van der Waals surface area contributed by atoms with Crippen LogP contribution in [-0.4, -0.2) is 44.6 Å². The van der Waals surface area contributed by atoms with Gasteiger partial charge in [-0.15, -0.1) is 0 Å². The first-order valence-electron chi connectivity index (χ1n) is 9.94. The highest BCUT2D eigenvalue weighted by atomic mass is 16.5. The van der Waals surface area contributed by atoms with E-state index in [2.05, 4.69) is 14.8 Å². The van der Waals surface area contributed by atoms with Crippen molar-refractivity contribution in [2.45, 2.75) is 6.61 Å². The van der Waals surface area contributed by atoms with E-state index >= 15 is 0 Å². The van der Waals surface area contributed by atoms with Crippen LogP contribution in [0.4, 0.5) is 5.69 Å². The molecule has 34 heavy (non-hydrogen) atoms. The van der Waals surface area contributed by atoms with Gasteiger partial charge < -0.3 is 28.7 Å². The molecule has 1 amide bonds. The van der Waals surface area contributed by atoms with E-state index in [1.54, 1.807) is 18.2 Å². The summed E-state index contributed by atoms with van der Waals surface area (Å²) >= 11 is 0. The third-order valence-electron chi connectivity index (χ3n) is 4.46. The first-order chi connectivity index (χ1) is 16.4. The Morgan fingerprint density at radius 2 is 1.50 bits per heavy atom. The highest BCUT2D eigenvalue weighted by molar-refractivity contribution is 6.00. The fourth-order valence-electron chi connectivity index (χ4n) is 2.87. The van der Waals surface area contributed by atoms with Crippen LogP contribution in [0.25, 0.3) is 0 Å². The number of benzene rings is 2. The highest BCUT2D eigenvalue weighted by Gasteiger charge is 2.20. The zero-order valence-corrected chi connectivity index (χ0v) is 18.4. The van der Waals surface area contributed by atoms with Crippen molar-refractivity contribution in [1.82, 2.24) is 0 Å². The average Bonchev–Trinajstić information content (AvgIpc) is 3.34. The van der Waals surface area contributed by atoms with Crippen molar-refractivity contribution in [1.29, 1.82) is 0 Å². The molecule has 0 fully saturated rings. The number of anilines is 1. The lowest BCUT2D eigenvalue weighted by Crippen LogP contribution is -2.22. The van der Waals surface area contributed by atoms with Crippen LogP contribution in [0.2, 0.25) is 0 Å². The summed E-state index contributed by atoms with van der Waals surface area (Å²) in [6.07, 6.45) is 1.31. The second-order valence-corrected chi connectivity index (χ2v) is 6.78. The summed E-state index contributed by atoms with van der Waals surface area (Å²) < 4.78 is 25.1. The van der Waals surface area contributed by atoms with Gasteiger partial charge in [-0.05, 0) is 36.4 Å². The van der Waals surface area contributed by atoms with E-state index in [1.807, 2.05) is 18.2 Å². The zero-order valence-electron chi connectivity index (χ0n) is 18.4. The molecule has 0 spiro atoms. The number of carbonyl (C=O) groups excluding carboxylic acids is 4. The second-order valence-electron chi connectivity index (χ2n) is 6.78. The van der Waals surface area contributed by atoms with E-state index in [0.717, 1.165) is 0 Å². The van der Waals surface area contributed by atoms with Gasteiger partial charge in [0.05, 0.1) is 31.6 Å². The van der Waals surface area contributed by atoms with Crippen molar-refractivity contribution in [3.8, 4) is 5.75 Å². The van der Waals surface area contributed by atoms with E-state index in [4.69, 9.17) is 13.9 Å². The van der Waals surface area contributed by atoms with Crippen molar-refractivity contribution in [2.75, 3.05) is 26.1 Å². The molecule has 1 heterocycles. The molecule has 2 aromatic carbocycles. The van der Waals surface area contributed by atoms with Gasteiger partial charge in [-0.3, -0.25) is 4.79 Å². The van der Waals surface area contributed by atoms with Gasteiger partial charge in [0.15, 0.2) is 6.61 Å². The predicted octanol–water partition coefficient (Wildman–Crippen LogP) is 3.23. The summed E-state index contributed by atoms with van der Waals surface area (Å²) in [5.41, 5.74) is 0.606. The fraction of sp³-hybridized carbons (Fsp3) is 0.167. The summed E-state index contributed by atoms with van der Waals surface area (Å²) in [7, 11) is 2.36. The molecule has 10 heteroatoms. The Hall–Kier alpha value is -4.60. The van der Waals surface area contributed by atoms with Gasteiger partial charge >= 0.3 is 17.9 Å². The van der Waals surface area contributed by atoms with E-state index in [0.29, 0.717) is 11.3 Å². The van der Waals surface area contributed by atoms with E-state index in [-0.39, 0.29) is 29.2 Å². The van der Waals surface area contributed by atoms with E-state index in [9.17, 15) is 19.2 Å². The molecule has 0 radical (unpaired) electrons. The lowest BCUT2D eigenvalue weighted by Gasteiger charge is -2.10. The minimum Gasteiger partial charge on any atom is -0.489 e. The van der Waals surface area contributed by atoms with Gasteiger partial charge in [-0.2, -0.15) is 0 Å². The molecule has 1 N–H and O–H groups in total. The molecule has 3 rings (SSSR count). The van der Waals surface area contributed by atoms with Crippen molar-refractivity contribution < 1.29 is 42.5 Å². The van der Waals surface area contributed by atoms with Gasteiger partial charge in [-0.1, -0.05) is 18.2 Å². The third kappa shape index (κ3) is 6.22. The predicted molar refractivity (Wildman–Crippen MR) is 118 cm³/mol. The molecular formula is C24H21NO9. The molecule has 3 aromatic rings. The number of hydrogen-bond donors (Lipinski definition) is 1. The van der Waals surface area contributed by atoms with Gasteiger partial charge in [0.25, 0.3) is 5.91 Å². The molecule has 0 saturated carbocycles. The Labute approximate surface area is 194 Å². The number of amides is 1. The minimum absolute atomic E-state index is 0.0244. The second kappa shape index (κ2) is 11.3. The van der Waals surface area contributed by atoms with Gasteiger partial charge in [0, 0.05) is 11.3 Å². The van der Waals surface area contributed by atoms with Crippen LogP contribution in [0, 0.1) is 0 Å². The van der Waals surface area contributed by atoms with Crippen LogP contribution in [0.1, 0.15) is 36.8 Å². The molecule has 0 aliphatic rings. The number of para-hydroxylation sites is 1. The Morgan fingerprint density at radius 3 is 2.12 bits per heavy atom. The number of rotatable bonds is 9. The zero-order chi connectivity index (χ0) is 24.5. The van der Waals surface area contributed by atoms with Crippen molar-refractivity contribution in [2.24, 2.45) is 0 Å². The minimum atomic E-state index is -0.856. The van der Waals surface area contributed by atoms with Crippen LogP contribution in [0.5, 0.6) is 5.75 Å². The van der Waals surface area contributed by atoms with Gasteiger partial charge in [0.2, 0.25) is 5.76 Å². The molecule has 0 saturated heterocycles. The van der Waals surface area contributed by atoms with Gasteiger partial charge in [-0.25, -0.2) is 14.4 Å². The first-order valence-corrected chi connectivity index (χ1v) is 9.94. The molecule has 0 unspecified atom stereocenters. The average molecular weight is 467 g/mol. The molecule has 0 atom stereocenters. The first kappa shape index (κ1) is 24.1. The van der Waals surface area contributed by atoms with Crippen molar-refractivity contribution in [3.63, 3.8) is 0 Å². The third-order valence-corrected chi connectivity index (χ3v) is 4.46. The van der Waals surface area contributed by atoms with E-state index < -0.39 is 30.4 Å². The lowest BCUT2D eigenvalue weighted by atomic mass is 10.1. The van der Waals surface area contributed by atoms with Crippen molar-refractivity contribution in [3.05, 3.63) is 83.3 Å². The molecule has 176 valence electrons. The standard InChI is InChI=1S/C24H21NO9/c1-30-22(27)16-10-17(23(28)31-2)12-18(11-16)25-20(26)14-34-24(29)21-15(8-9-32-21)13-33-19-6-4-3-5-7-19/h3-12H,13-14H2,1-2H3,(H,25,26). The number of nitrogens with one attached hydrogen (secondary N) is 1. The number of ether oxygens (including phenoxy) is 4. The molecule has 10 nitrogen and oxygen atoms in total. The highest BCUT2D eigenvalue weighted by Crippen LogP contribution is 2.18. The smallest absolute Gasteiger partial charge is 0.375 e. The Bertz CT molecular complexity index is 1150. The topological polar surface area (TPSA) is 130 Å². The number of furan rings is 1. The maximum Gasteiger partial charge on any atom is 0.375 e. The molecule has 0 bridgehead atoms. The largest absolute Gasteiger partial charge is 0.489 e. The normalized spacial score (nSPS) is 10.2. The summed E-state index contributed by atoms with van der Waals surface area (Å²) in [5, 5.41) is 2.46. The van der Waals surface area contributed by atoms with Crippen LogP contribution in [0.15, 0.2) is 65.3 Å². The number of carbonyl (C=O) groups is 4. The summed E-state index contributed by atoms with van der Waals surface area (Å²) in [5.74, 6) is -2.47. The molecule has 0 aliphatic heterocycles. The summed E-state index contributed by atoms with van der Waals surface area (Å²) in [6, 6.07) is 14.5. The number of methoxy groups -OCH3 is 2. The Kier molecular flexibility index (Phi) is 8.01. The summed E-state index contributed by atoms with van der Waals surface area (Å²) in [6.45, 7) is -0.581. The van der Waals surface area contributed by atoms with E-state index in [1.165, 1.54) is 38.7 Å². The van der Waals surface area contributed by atoms with Crippen LogP contribution in [0.3, 0.4) is 0 Å². The van der Waals surface area contributed by atoms with Crippen molar-refractivity contribution >= 4 is 29.5 Å². The molecular weight excluding hydrogens is 446 g/mol.